The van der Waals surface area contributed by atoms with Gasteiger partial charge in [-0.2, -0.15) is 5.10 Å². The van der Waals surface area contributed by atoms with Crippen molar-refractivity contribution in [3.8, 4) is 11.4 Å². The highest BCUT2D eigenvalue weighted by Crippen LogP contribution is 2.27. The molecule has 29 heavy (non-hydrogen) atoms. The maximum atomic E-state index is 12.9. The lowest BCUT2D eigenvalue weighted by atomic mass is 10.1. The Kier molecular flexibility index (Phi) is 5.50. The van der Waals surface area contributed by atoms with Crippen molar-refractivity contribution in [2.75, 3.05) is 0 Å². The molecule has 0 spiro atoms. The van der Waals surface area contributed by atoms with Crippen molar-refractivity contribution in [2.24, 2.45) is 0 Å². The van der Waals surface area contributed by atoms with E-state index in [2.05, 4.69) is 26.7 Å². The Morgan fingerprint density at radius 3 is 2.52 bits per heavy atom. The zero-order chi connectivity index (χ0) is 21.2. The van der Waals surface area contributed by atoms with E-state index in [-0.39, 0.29) is 18.8 Å². The molecule has 0 saturated heterocycles. The topological polar surface area (TPSA) is 89.3 Å². The van der Waals surface area contributed by atoms with Crippen molar-refractivity contribution >= 4 is 16.9 Å². The summed E-state index contributed by atoms with van der Waals surface area (Å²) in [6.07, 6.45) is -3.39. The van der Waals surface area contributed by atoms with E-state index >= 15 is 0 Å². The first-order valence-corrected chi connectivity index (χ1v) is 8.14. The van der Waals surface area contributed by atoms with Gasteiger partial charge < -0.3 is 15.2 Å². The van der Waals surface area contributed by atoms with Crippen LogP contribution in [0.15, 0.2) is 48.9 Å². The molecule has 7 nitrogen and oxygen atoms in total. The predicted octanol–water partition coefficient (Wildman–Crippen LogP) is 2.91. The van der Waals surface area contributed by atoms with Gasteiger partial charge in [0, 0.05) is 11.6 Å². The highest BCUT2D eigenvalue weighted by molar-refractivity contribution is 5.91. The molecule has 0 saturated carbocycles. The maximum absolute atomic E-state index is 12.9. The van der Waals surface area contributed by atoms with Gasteiger partial charge in [0.15, 0.2) is 11.5 Å². The fourth-order valence-corrected chi connectivity index (χ4v) is 2.67. The first-order chi connectivity index (χ1) is 13.7. The molecule has 2 N–H and O–H groups in total. The number of nitrogens with one attached hydrogen (secondary N) is 1. The van der Waals surface area contributed by atoms with Gasteiger partial charge >= 0.3 is 6.36 Å². The normalized spacial score (nSPS) is 11.5. The average molecular weight is 410 g/mol. The Morgan fingerprint density at radius 1 is 1.24 bits per heavy atom. The lowest BCUT2D eigenvalue weighted by Gasteiger charge is -2.09. The molecule has 1 aromatic carbocycles. The number of halogens is 4. The summed E-state index contributed by atoms with van der Waals surface area (Å²) in [6.45, 7) is 2.37. The first-order valence-electron chi connectivity index (χ1n) is 8.14. The van der Waals surface area contributed by atoms with E-state index in [1.165, 1.54) is 23.0 Å². The summed E-state index contributed by atoms with van der Waals surface area (Å²) in [5.74, 6) is -2.60. The molecule has 2 heterocycles. The number of amides is 1. The number of hydrogen-bond acceptors (Lipinski definition) is 5. The number of pyridine rings is 1. The highest BCUT2D eigenvalue weighted by Gasteiger charge is 2.31. The lowest BCUT2D eigenvalue weighted by molar-refractivity contribution is -0.274. The summed E-state index contributed by atoms with van der Waals surface area (Å²) in [5.41, 5.74) is 1.40. The SMILES string of the molecule is C=C(F)C(=O)NCc1nn(-c2ccc(OC(F)(F)F)cc2)c2nccc(CO)c12. The molecule has 0 fully saturated rings. The van der Waals surface area contributed by atoms with Crippen molar-refractivity contribution in [2.45, 2.75) is 19.5 Å². The number of aromatic nitrogens is 3. The van der Waals surface area contributed by atoms with Crippen LogP contribution >= 0.6 is 0 Å². The number of carbonyl (C=O) groups excluding carboxylic acids is 1. The van der Waals surface area contributed by atoms with Crippen molar-refractivity contribution in [1.82, 2.24) is 20.1 Å². The molecule has 152 valence electrons. The number of rotatable bonds is 6. The van der Waals surface area contributed by atoms with Crippen molar-refractivity contribution in [3.05, 3.63) is 60.2 Å². The van der Waals surface area contributed by atoms with Crippen LogP contribution in [0, 0.1) is 0 Å². The van der Waals surface area contributed by atoms with E-state index in [0.29, 0.717) is 22.3 Å². The monoisotopic (exact) mass is 410 g/mol. The Hall–Kier alpha value is -3.47. The van der Waals surface area contributed by atoms with E-state index in [4.69, 9.17) is 0 Å². The molecule has 0 aliphatic rings. The fraction of sp³-hybridized carbons (Fsp3) is 0.167. The van der Waals surface area contributed by atoms with Gasteiger partial charge in [-0.05, 0) is 35.9 Å². The molecular weight excluding hydrogens is 396 g/mol. The van der Waals surface area contributed by atoms with Crippen LogP contribution in [-0.2, 0) is 17.9 Å². The molecule has 0 radical (unpaired) electrons. The van der Waals surface area contributed by atoms with Crippen molar-refractivity contribution in [1.29, 1.82) is 0 Å². The Morgan fingerprint density at radius 2 is 1.93 bits per heavy atom. The van der Waals surface area contributed by atoms with Gasteiger partial charge in [0.1, 0.15) is 5.75 Å². The lowest BCUT2D eigenvalue weighted by Crippen LogP contribution is -2.23. The minimum absolute atomic E-state index is 0.181. The summed E-state index contributed by atoms with van der Waals surface area (Å²) < 4.78 is 55.1. The number of aliphatic hydroxyl groups is 1. The Bertz CT molecular complexity index is 1060. The summed E-state index contributed by atoms with van der Waals surface area (Å²) >= 11 is 0. The highest BCUT2D eigenvalue weighted by atomic mass is 19.4. The minimum atomic E-state index is -4.82. The molecular formula is C18H14F4N4O3. The van der Waals surface area contributed by atoms with Crippen LogP contribution in [0.3, 0.4) is 0 Å². The molecule has 0 unspecified atom stereocenters. The molecule has 3 aromatic rings. The molecule has 2 aromatic heterocycles. The van der Waals surface area contributed by atoms with Crippen molar-refractivity contribution in [3.63, 3.8) is 0 Å². The summed E-state index contributed by atoms with van der Waals surface area (Å²) in [6, 6.07) is 6.45. The number of ether oxygens (including phenoxy) is 1. The summed E-state index contributed by atoms with van der Waals surface area (Å²) in [4.78, 5) is 15.6. The quantitative estimate of drug-likeness (QED) is 0.482. The number of carbonyl (C=O) groups is 1. The van der Waals surface area contributed by atoms with E-state index < -0.39 is 23.8 Å². The van der Waals surface area contributed by atoms with Crippen LogP contribution in [0.4, 0.5) is 17.6 Å². The zero-order valence-electron chi connectivity index (χ0n) is 14.7. The van der Waals surface area contributed by atoms with Crippen LogP contribution in [-0.4, -0.2) is 32.1 Å². The van der Waals surface area contributed by atoms with Crippen LogP contribution < -0.4 is 10.1 Å². The van der Waals surface area contributed by atoms with Gasteiger partial charge in [0.2, 0.25) is 0 Å². The van der Waals surface area contributed by atoms with E-state index in [1.807, 2.05) is 0 Å². The largest absolute Gasteiger partial charge is 0.573 e. The minimum Gasteiger partial charge on any atom is -0.406 e. The molecule has 0 bridgehead atoms. The third-order valence-electron chi connectivity index (χ3n) is 3.88. The second-order valence-electron chi connectivity index (χ2n) is 5.81. The summed E-state index contributed by atoms with van der Waals surface area (Å²) in [5, 5.41) is 16.6. The van der Waals surface area contributed by atoms with Gasteiger partial charge in [-0.3, -0.25) is 4.79 Å². The van der Waals surface area contributed by atoms with Crippen LogP contribution in [0.2, 0.25) is 0 Å². The average Bonchev–Trinajstić information content (AvgIpc) is 3.04. The van der Waals surface area contributed by atoms with E-state index in [0.717, 1.165) is 12.1 Å². The van der Waals surface area contributed by atoms with Gasteiger partial charge in [0.05, 0.1) is 24.5 Å². The molecule has 0 atom stereocenters. The maximum Gasteiger partial charge on any atom is 0.573 e. The number of nitrogens with zero attached hydrogens (tertiary/aromatic N) is 3. The molecule has 0 aliphatic carbocycles. The Balaban J connectivity index is 2.02. The van der Waals surface area contributed by atoms with E-state index in [9.17, 15) is 27.5 Å². The molecule has 1 amide bonds. The van der Waals surface area contributed by atoms with Crippen LogP contribution in [0.25, 0.3) is 16.7 Å². The van der Waals surface area contributed by atoms with Gasteiger partial charge in [-0.15, -0.1) is 13.2 Å². The first kappa shape index (κ1) is 20.3. The van der Waals surface area contributed by atoms with Gasteiger partial charge in [-0.1, -0.05) is 6.58 Å². The third-order valence-corrected chi connectivity index (χ3v) is 3.88. The molecule has 3 rings (SSSR count). The Labute approximate surface area is 161 Å². The van der Waals surface area contributed by atoms with Gasteiger partial charge in [-0.25, -0.2) is 14.1 Å². The number of hydrogen-bond donors (Lipinski definition) is 2. The summed E-state index contributed by atoms with van der Waals surface area (Å²) in [7, 11) is 0. The van der Waals surface area contributed by atoms with E-state index in [1.54, 1.807) is 6.07 Å². The van der Waals surface area contributed by atoms with Crippen LogP contribution in [0.5, 0.6) is 5.75 Å². The smallest absolute Gasteiger partial charge is 0.406 e. The zero-order valence-corrected chi connectivity index (χ0v) is 14.7. The predicted molar refractivity (Wildman–Crippen MR) is 93.6 cm³/mol. The number of alkyl halides is 3. The number of fused-ring (bicyclic) bond motifs is 1. The van der Waals surface area contributed by atoms with Crippen LogP contribution in [0.1, 0.15) is 11.3 Å². The second kappa shape index (κ2) is 7.87. The fourth-order valence-electron chi connectivity index (χ4n) is 2.67. The van der Waals surface area contributed by atoms with Crippen molar-refractivity contribution < 1.29 is 32.2 Å². The second-order valence-corrected chi connectivity index (χ2v) is 5.81. The molecule has 0 aliphatic heterocycles. The third kappa shape index (κ3) is 4.51. The number of aliphatic hydroxyl groups excluding tert-OH is 1. The number of benzene rings is 1. The molecule has 11 heteroatoms. The van der Waals surface area contributed by atoms with Gasteiger partial charge in [0.25, 0.3) is 5.91 Å². The standard InChI is InChI=1S/C18H14F4N4O3/c1-10(19)17(28)24-8-14-15-11(9-27)6-7-23-16(15)26(25-14)12-2-4-13(5-3-12)29-18(20,21)22/h2-7,27H,1,8-9H2,(H,24,28).